The molecule has 1 unspecified atom stereocenters. The van der Waals surface area contributed by atoms with Crippen LogP contribution in [0.2, 0.25) is 0 Å². The second kappa shape index (κ2) is 5.80. The van der Waals surface area contributed by atoms with E-state index in [9.17, 15) is 9.18 Å². The summed E-state index contributed by atoms with van der Waals surface area (Å²) in [5.74, 6) is 0.147. The highest BCUT2D eigenvalue weighted by atomic mass is 19.1. The Kier molecular flexibility index (Phi) is 4.12. The Labute approximate surface area is 106 Å². The number of carbonyl (C=O) groups is 1. The maximum atomic E-state index is 13.6. The molecule has 18 heavy (non-hydrogen) atoms. The van der Waals surface area contributed by atoms with Crippen LogP contribution in [0.1, 0.15) is 26.2 Å². The molecule has 0 radical (unpaired) electrons. The van der Waals surface area contributed by atoms with Gasteiger partial charge in [-0.05, 0) is 25.0 Å². The van der Waals surface area contributed by atoms with E-state index in [2.05, 4.69) is 10.3 Å². The molecular weight excluding hydrogens is 233 g/mol. The second-order valence-corrected chi connectivity index (χ2v) is 4.56. The monoisotopic (exact) mass is 251 g/mol. The number of pyridine rings is 1. The van der Waals surface area contributed by atoms with Crippen molar-refractivity contribution >= 4 is 11.7 Å². The molecule has 98 valence electrons. The Hall–Kier alpha value is -1.65. The molecule has 0 spiro atoms. The minimum Gasteiger partial charge on any atom is -0.352 e. The quantitative estimate of drug-likeness (QED) is 0.886. The SMILES string of the molecule is CCCC(=O)NC1CCN(c2ncccc2F)C1. The molecule has 2 rings (SSSR count). The molecule has 1 amide bonds. The maximum absolute atomic E-state index is 13.6. The molecule has 0 saturated carbocycles. The average molecular weight is 251 g/mol. The van der Waals surface area contributed by atoms with E-state index in [0.29, 0.717) is 18.8 Å². The first-order chi connectivity index (χ1) is 8.70. The molecule has 4 nitrogen and oxygen atoms in total. The molecule has 2 heterocycles. The molecule has 5 heteroatoms. The molecule has 0 aromatic carbocycles. The normalized spacial score (nSPS) is 19.0. The Morgan fingerprint density at radius 2 is 2.50 bits per heavy atom. The first kappa shape index (κ1) is 12.8. The Balaban J connectivity index is 1.92. The molecule has 0 aliphatic carbocycles. The first-order valence-electron chi connectivity index (χ1n) is 6.35. The van der Waals surface area contributed by atoms with Gasteiger partial charge in [0.25, 0.3) is 0 Å². The van der Waals surface area contributed by atoms with Crippen LogP contribution in [-0.2, 0) is 4.79 Å². The minimum atomic E-state index is -0.307. The third-order valence-corrected chi connectivity index (χ3v) is 3.07. The number of nitrogens with zero attached hydrogens (tertiary/aromatic N) is 2. The standard InChI is InChI=1S/C13H18FN3O/c1-2-4-12(18)16-10-6-8-17(9-10)13-11(14)5-3-7-15-13/h3,5,7,10H,2,4,6,8-9H2,1H3,(H,16,18). The number of carbonyl (C=O) groups excluding carboxylic acids is 1. The van der Waals surface area contributed by atoms with Crippen molar-refractivity contribution in [3.63, 3.8) is 0 Å². The van der Waals surface area contributed by atoms with E-state index in [0.717, 1.165) is 19.4 Å². The molecular formula is C13H18FN3O. The minimum absolute atomic E-state index is 0.0749. The smallest absolute Gasteiger partial charge is 0.220 e. The lowest BCUT2D eigenvalue weighted by atomic mass is 10.2. The van der Waals surface area contributed by atoms with Gasteiger partial charge in [0.1, 0.15) is 0 Å². The summed E-state index contributed by atoms with van der Waals surface area (Å²) in [6.07, 6.45) is 3.82. The number of hydrogen-bond acceptors (Lipinski definition) is 3. The summed E-state index contributed by atoms with van der Waals surface area (Å²) < 4.78 is 13.6. The Bertz CT molecular complexity index is 424. The van der Waals surface area contributed by atoms with Gasteiger partial charge in [0.2, 0.25) is 5.91 Å². The van der Waals surface area contributed by atoms with E-state index in [4.69, 9.17) is 0 Å². The third kappa shape index (κ3) is 2.97. The summed E-state index contributed by atoms with van der Waals surface area (Å²) in [4.78, 5) is 17.4. The van der Waals surface area contributed by atoms with Gasteiger partial charge in [-0.25, -0.2) is 9.37 Å². The average Bonchev–Trinajstić information content (AvgIpc) is 2.78. The molecule has 1 aliphatic rings. The number of anilines is 1. The molecule has 1 atom stereocenters. The van der Waals surface area contributed by atoms with Crippen molar-refractivity contribution in [2.24, 2.45) is 0 Å². The fourth-order valence-corrected chi connectivity index (χ4v) is 2.21. The van der Waals surface area contributed by atoms with Gasteiger partial charge in [-0.15, -0.1) is 0 Å². The second-order valence-electron chi connectivity index (χ2n) is 4.56. The predicted molar refractivity (Wildman–Crippen MR) is 67.9 cm³/mol. The molecule has 1 N–H and O–H groups in total. The first-order valence-corrected chi connectivity index (χ1v) is 6.35. The van der Waals surface area contributed by atoms with Gasteiger partial charge < -0.3 is 10.2 Å². The van der Waals surface area contributed by atoms with Gasteiger partial charge in [-0.1, -0.05) is 6.92 Å². The van der Waals surface area contributed by atoms with E-state index in [1.807, 2.05) is 11.8 Å². The Morgan fingerprint density at radius 3 is 3.22 bits per heavy atom. The van der Waals surface area contributed by atoms with Gasteiger partial charge in [-0.3, -0.25) is 4.79 Å². The number of halogens is 1. The van der Waals surface area contributed by atoms with Crippen LogP contribution < -0.4 is 10.2 Å². The summed E-state index contributed by atoms with van der Waals surface area (Å²) in [5, 5.41) is 2.97. The number of amides is 1. The van der Waals surface area contributed by atoms with Crippen molar-refractivity contribution in [3.05, 3.63) is 24.1 Å². The summed E-state index contributed by atoms with van der Waals surface area (Å²) in [6.45, 7) is 3.33. The zero-order valence-electron chi connectivity index (χ0n) is 10.5. The van der Waals surface area contributed by atoms with E-state index in [1.165, 1.54) is 6.07 Å². The van der Waals surface area contributed by atoms with Crippen LogP contribution in [0.5, 0.6) is 0 Å². The van der Waals surface area contributed by atoms with Crippen molar-refractivity contribution in [3.8, 4) is 0 Å². The maximum Gasteiger partial charge on any atom is 0.220 e. The summed E-state index contributed by atoms with van der Waals surface area (Å²) >= 11 is 0. The summed E-state index contributed by atoms with van der Waals surface area (Å²) in [6, 6.07) is 3.09. The van der Waals surface area contributed by atoms with Gasteiger partial charge in [0.15, 0.2) is 11.6 Å². The lowest BCUT2D eigenvalue weighted by molar-refractivity contribution is -0.121. The van der Waals surface area contributed by atoms with Gasteiger partial charge >= 0.3 is 0 Å². The van der Waals surface area contributed by atoms with Gasteiger partial charge in [-0.2, -0.15) is 0 Å². The Morgan fingerprint density at radius 1 is 1.67 bits per heavy atom. The highest BCUT2D eigenvalue weighted by Crippen LogP contribution is 2.20. The predicted octanol–water partition coefficient (Wildman–Crippen LogP) is 1.72. The molecule has 1 aliphatic heterocycles. The zero-order valence-corrected chi connectivity index (χ0v) is 10.5. The van der Waals surface area contributed by atoms with Crippen LogP contribution in [0.25, 0.3) is 0 Å². The van der Waals surface area contributed by atoms with Crippen LogP contribution in [0.15, 0.2) is 18.3 Å². The lowest BCUT2D eigenvalue weighted by Crippen LogP contribution is -2.37. The van der Waals surface area contributed by atoms with Crippen LogP contribution >= 0.6 is 0 Å². The van der Waals surface area contributed by atoms with E-state index >= 15 is 0 Å². The zero-order chi connectivity index (χ0) is 13.0. The van der Waals surface area contributed by atoms with Crippen molar-refractivity contribution in [2.75, 3.05) is 18.0 Å². The highest BCUT2D eigenvalue weighted by molar-refractivity contribution is 5.76. The third-order valence-electron chi connectivity index (χ3n) is 3.07. The number of hydrogen-bond donors (Lipinski definition) is 1. The summed E-state index contributed by atoms with van der Waals surface area (Å²) in [5.41, 5.74) is 0. The van der Waals surface area contributed by atoms with E-state index in [1.54, 1.807) is 12.3 Å². The molecule has 1 fully saturated rings. The van der Waals surface area contributed by atoms with Crippen LogP contribution in [0, 0.1) is 5.82 Å². The van der Waals surface area contributed by atoms with Crippen molar-refractivity contribution in [1.82, 2.24) is 10.3 Å². The fourth-order valence-electron chi connectivity index (χ4n) is 2.21. The van der Waals surface area contributed by atoms with Crippen LogP contribution in [0.4, 0.5) is 10.2 Å². The topological polar surface area (TPSA) is 45.2 Å². The number of rotatable bonds is 4. The number of aromatic nitrogens is 1. The highest BCUT2D eigenvalue weighted by Gasteiger charge is 2.26. The lowest BCUT2D eigenvalue weighted by Gasteiger charge is -2.18. The van der Waals surface area contributed by atoms with Crippen molar-refractivity contribution < 1.29 is 9.18 Å². The number of nitrogens with one attached hydrogen (secondary N) is 1. The molecule has 0 bridgehead atoms. The van der Waals surface area contributed by atoms with Gasteiger partial charge in [0.05, 0.1) is 0 Å². The fraction of sp³-hybridized carbons (Fsp3) is 0.538. The van der Waals surface area contributed by atoms with Gasteiger partial charge in [0, 0.05) is 31.7 Å². The van der Waals surface area contributed by atoms with E-state index < -0.39 is 0 Å². The molecule has 1 aromatic rings. The largest absolute Gasteiger partial charge is 0.352 e. The molecule has 1 aromatic heterocycles. The van der Waals surface area contributed by atoms with Crippen molar-refractivity contribution in [2.45, 2.75) is 32.2 Å². The van der Waals surface area contributed by atoms with Crippen LogP contribution in [-0.4, -0.2) is 30.0 Å². The summed E-state index contributed by atoms with van der Waals surface area (Å²) in [7, 11) is 0. The van der Waals surface area contributed by atoms with Crippen LogP contribution in [0.3, 0.4) is 0 Å². The van der Waals surface area contributed by atoms with Crippen molar-refractivity contribution in [1.29, 1.82) is 0 Å². The molecule has 1 saturated heterocycles. The van der Waals surface area contributed by atoms with E-state index in [-0.39, 0.29) is 17.8 Å².